The lowest BCUT2D eigenvalue weighted by atomic mass is 10.1. The molecule has 0 saturated carbocycles. The van der Waals surface area contributed by atoms with E-state index < -0.39 is 23.5 Å². The van der Waals surface area contributed by atoms with Crippen molar-refractivity contribution in [2.45, 2.75) is 18.9 Å². The van der Waals surface area contributed by atoms with Gasteiger partial charge in [0.2, 0.25) is 0 Å². The summed E-state index contributed by atoms with van der Waals surface area (Å²) < 4.78 is 79.0. The maximum atomic E-state index is 13.5. The van der Waals surface area contributed by atoms with E-state index in [1.165, 1.54) is 30.5 Å². The molecule has 35 heavy (non-hydrogen) atoms. The Morgan fingerprint density at radius 1 is 0.886 bits per heavy atom. The van der Waals surface area contributed by atoms with Gasteiger partial charge in [0, 0.05) is 24.3 Å². The molecule has 0 saturated heterocycles. The van der Waals surface area contributed by atoms with Crippen molar-refractivity contribution in [3.63, 3.8) is 0 Å². The van der Waals surface area contributed by atoms with Gasteiger partial charge in [-0.1, -0.05) is 0 Å². The summed E-state index contributed by atoms with van der Waals surface area (Å²) in [6.07, 6.45) is -7.19. The Balaban J connectivity index is 1.80. The highest BCUT2D eigenvalue weighted by atomic mass is 19.4. The first-order chi connectivity index (χ1) is 16.4. The number of anilines is 2. The second-order valence-corrected chi connectivity index (χ2v) is 7.92. The highest BCUT2D eigenvalue weighted by Crippen LogP contribution is 2.36. The Labute approximate surface area is 195 Å². The first-order valence-corrected chi connectivity index (χ1v) is 10.2. The molecule has 0 fully saturated rings. The second kappa shape index (κ2) is 9.10. The summed E-state index contributed by atoms with van der Waals surface area (Å²) in [6.45, 7) is 0.383. The molecule has 12 heteroatoms. The van der Waals surface area contributed by atoms with E-state index in [2.05, 4.69) is 25.3 Å². The van der Waals surface area contributed by atoms with Crippen LogP contribution in [0.5, 0.6) is 0 Å². The fraction of sp³-hybridized carbons (Fsp3) is 0.217. The molecule has 6 nitrogen and oxygen atoms in total. The van der Waals surface area contributed by atoms with Crippen molar-refractivity contribution in [2.75, 3.05) is 19.4 Å². The Bertz CT molecular complexity index is 1350. The molecule has 0 aliphatic heterocycles. The van der Waals surface area contributed by atoms with Crippen LogP contribution < -0.4 is 5.32 Å². The predicted molar refractivity (Wildman–Crippen MR) is 118 cm³/mol. The number of rotatable bonds is 5. The van der Waals surface area contributed by atoms with Gasteiger partial charge in [-0.25, -0.2) is 15.0 Å². The van der Waals surface area contributed by atoms with Crippen molar-refractivity contribution in [2.24, 2.45) is 0 Å². The zero-order chi connectivity index (χ0) is 25.4. The van der Waals surface area contributed by atoms with Gasteiger partial charge >= 0.3 is 12.4 Å². The van der Waals surface area contributed by atoms with Gasteiger partial charge in [-0.2, -0.15) is 26.3 Å². The summed E-state index contributed by atoms with van der Waals surface area (Å²) in [4.78, 5) is 18.3. The third-order valence-electron chi connectivity index (χ3n) is 4.91. The van der Waals surface area contributed by atoms with Gasteiger partial charge in [0.25, 0.3) is 0 Å². The number of nitrogens with one attached hydrogen (secondary N) is 1. The number of hydrogen-bond donors (Lipinski definition) is 1. The molecular formula is C23H18F6N6. The molecule has 0 aliphatic carbocycles. The highest BCUT2D eigenvalue weighted by Gasteiger charge is 2.35. The zero-order valence-corrected chi connectivity index (χ0v) is 18.4. The third-order valence-corrected chi connectivity index (χ3v) is 4.91. The molecule has 0 spiro atoms. The fourth-order valence-electron chi connectivity index (χ4n) is 3.41. The highest BCUT2D eigenvalue weighted by molar-refractivity contribution is 5.92. The molecule has 0 amide bonds. The van der Waals surface area contributed by atoms with Gasteiger partial charge in [-0.05, 0) is 56.6 Å². The lowest BCUT2D eigenvalue weighted by molar-refractivity contribution is -0.138. The molecule has 4 aromatic rings. The van der Waals surface area contributed by atoms with Gasteiger partial charge in [0.1, 0.15) is 11.5 Å². The van der Waals surface area contributed by atoms with Crippen molar-refractivity contribution in [3.05, 3.63) is 71.7 Å². The standard InChI is InChI=1S/C23H18F6N6/c1-35(2)12-14-10-18(33-19-8-5-13(11-31-19)22(24,25)26)15-6-7-17(34-21(15)32-14)20-16(23(27,28)29)4-3-9-30-20/h3-11H,12H2,1-2H3,(H,31,32,33,34). The summed E-state index contributed by atoms with van der Waals surface area (Å²) in [5, 5.41) is 3.41. The molecule has 0 aliphatic rings. The SMILES string of the molecule is CN(C)Cc1cc(Nc2ccc(C(F)(F)F)cn2)c2ccc(-c3ncccc3C(F)(F)F)nc2n1. The quantitative estimate of drug-likeness (QED) is 0.349. The molecule has 4 rings (SSSR count). The summed E-state index contributed by atoms with van der Waals surface area (Å²) in [6, 6.07) is 8.81. The number of alkyl halides is 6. The Kier molecular flexibility index (Phi) is 6.32. The molecule has 4 heterocycles. The second-order valence-electron chi connectivity index (χ2n) is 7.92. The van der Waals surface area contributed by atoms with Crippen LogP contribution in [-0.2, 0) is 18.9 Å². The van der Waals surface area contributed by atoms with Crippen LogP contribution in [0.1, 0.15) is 16.8 Å². The van der Waals surface area contributed by atoms with Crippen molar-refractivity contribution in [3.8, 4) is 11.4 Å². The first-order valence-electron chi connectivity index (χ1n) is 10.2. The average Bonchev–Trinajstić information content (AvgIpc) is 2.77. The van der Waals surface area contributed by atoms with Gasteiger partial charge < -0.3 is 10.2 Å². The van der Waals surface area contributed by atoms with Gasteiger partial charge in [0.05, 0.1) is 28.2 Å². The number of nitrogens with zero attached hydrogens (tertiary/aromatic N) is 5. The molecule has 0 atom stereocenters. The first kappa shape index (κ1) is 24.3. The van der Waals surface area contributed by atoms with Crippen molar-refractivity contribution < 1.29 is 26.3 Å². The molecule has 4 aromatic heterocycles. The van der Waals surface area contributed by atoms with E-state index in [4.69, 9.17) is 0 Å². The topological polar surface area (TPSA) is 66.8 Å². The molecule has 0 unspecified atom stereocenters. The van der Waals surface area contributed by atoms with Crippen LogP contribution in [0.25, 0.3) is 22.4 Å². The fourth-order valence-corrected chi connectivity index (χ4v) is 3.41. The van der Waals surface area contributed by atoms with Crippen molar-refractivity contribution in [1.29, 1.82) is 0 Å². The lowest BCUT2D eigenvalue weighted by Crippen LogP contribution is -2.13. The summed E-state index contributed by atoms with van der Waals surface area (Å²) in [7, 11) is 3.62. The van der Waals surface area contributed by atoms with E-state index in [1.807, 2.05) is 19.0 Å². The van der Waals surface area contributed by atoms with E-state index in [9.17, 15) is 26.3 Å². The largest absolute Gasteiger partial charge is 0.418 e. The van der Waals surface area contributed by atoms with Crippen LogP contribution >= 0.6 is 0 Å². The minimum Gasteiger partial charge on any atom is -0.340 e. The maximum Gasteiger partial charge on any atom is 0.418 e. The number of hydrogen-bond acceptors (Lipinski definition) is 6. The van der Waals surface area contributed by atoms with Crippen LogP contribution in [0.4, 0.5) is 37.8 Å². The summed E-state index contributed by atoms with van der Waals surface area (Å²) >= 11 is 0. The molecular weight excluding hydrogens is 474 g/mol. The monoisotopic (exact) mass is 492 g/mol. The van der Waals surface area contributed by atoms with Crippen LogP contribution in [0.2, 0.25) is 0 Å². The Hall–Kier alpha value is -3.80. The minimum atomic E-state index is -4.62. The van der Waals surface area contributed by atoms with E-state index in [0.29, 0.717) is 29.5 Å². The lowest BCUT2D eigenvalue weighted by Gasteiger charge is -2.15. The summed E-state index contributed by atoms with van der Waals surface area (Å²) in [5.74, 6) is 0.148. The van der Waals surface area contributed by atoms with Crippen LogP contribution in [0.3, 0.4) is 0 Å². The third kappa shape index (κ3) is 5.48. The van der Waals surface area contributed by atoms with Crippen LogP contribution in [0, 0.1) is 0 Å². The molecule has 0 aromatic carbocycles. The number of aromatic nitrogens is 4. The molecule has 182 valence electrons. The maximum absolute atomic E-state index is 13.5. The minimum absolute atomic E-state index is 0.0152. The normalized spacial score (nSPS) is 12.4. The van der Waals surface area contributed by atoms with E-state index in [-0.39, 0.29) is 22.9 Å². The zero-order valence-electron chi connectivity index (χ0n) is 18.4. The van der Waals surface area contributed by atoms with E-state index in [0.717, 1.165) is 12.1 Å². The van der Waals surface area contributed by atoms with Crippen LogP contribution in [-0.4, -0.2) is 38.9 Å². The molecule has 0 bridgehead atoms. The number of fused-ring (bicyclic) bond motifs is 1. The predicted octanol–water partition coefficient (Wildman–Crippen LogP) is 5.93. The number of pyridine rings is 4. The van der Waals surface area contributed by atoms with Crippen molar-refractivity contribution >= 4 is 22.5 Å². The number of halogens is 6. The smallest absolute Gasteiger partial charge is 0.340 e. The van der Waals surface area contributed by atoms with Crippen LogP contribution in [0.15, 0.2) is 54.9 Å². The van der Waals surface area contributed by atoms with Crippen molar-refractivity contribution in [1.82, 2.24) is 24.8 Å². The van der Waals surface area contributed by atoms with Gasteiger partial charge in [-0.3, -0.25) is 4.98 Å². The van der Waals surface area contributed by atoms with E-state index in [1.54, 1.807) is 6.07 Å². The molecule has 1 N–H and O–H groups in total. The van der Waals surface area contributed by atoms with Gasteiger partial charge in [0.15, 0.2) is 5.65 Å². The van der Waals surface area contributed by atoms with E-state index >= 15 is 0 Å². The van der Waals surface area contributed by atoms with Gasteiger partial charge in [-0.15, -0.1) is 0 Å². The Morgan fingerprint density at radius 3 is 2.29 bits per heavy atom. The average molecular weight is 492 g/mol. The summed E-state index contributed by atoms with van der Waals surface area (Å²) in [5.41, 5.74) is -1.04. The molecule has 0 radical (unpaired) electrons. The Morgan fingerprint density at radius 2 is 1.66 bits per heavy atom.